The molecule has 0 spiro atoms. The molecule has 1 unspecified atom stereocenters. The monoisotopic (exact) mass is 265 g/mol. The van der Waals surface area contributed by atoms with Gasteiger partial charge in [-0.2, -0.15) is 0 Å². The Hall–Kier alpha value is -1.66. The fraction of sp³-hybridized carbons (Fsp3) is 0.538. The number of nitrogen functional groups attached to an aromatic ring is 1. The van der Waals surface area contributed by atoms with E-state index in [-0.39, 0.29) is 18.6 Å². The second kappa shape index (κ2) is 5.14. The zero-order valence-electron chi connectivity index (χ0n) is 11.2. The van der Waals surface area contributed by atoms with E-state index in [4.69, 9.17) is 10.5 Å². The molecule has 6 nitrogen and oxygen atoms in total. The van der Waals surface area contributed by atoms with Crippen LogP contribution in [0.4, 0.5) is 5.82 Å². The molecule has 1 aromatic heterocycles. The molecule has 104 valence electrons. The van der Waals surface area contributed by atoms with Crippen molar-refractivity contribution >= 4 is 11.7 Å². The van der Waals surface area contributed by atoms with E-state index in [9.17, 15) is 9.90 Å². The number of rotatable bonds is 2. The highest BCUT2D eigenvalue weighted by molar-refractivity contribution is 5.92. The van der Waals surface area contributed by atoms with Gasteiger partial charge in [0.25, 0.3) is 5.91 Å². The van der Waals surface area contributed by atoms with Crippen LogP contribution in [0, 0.1) is 0 Å². The average molecular weight is 265 g/mol. The fourth-order valence-corrected chi connectivity index (χ4v) is 2.28. The molecule has 1 aromatic rings. The van der Waals surface area contributed by atoms with Gasteiger partial charge in [-0.25, -0.2) is 4.98 Å². The molecule has 1 amide bonds. The van der Waals surface area contributed by atoms with Gasteiger partial charge >= 0.3 is 0 Å². The van der Waals surface area contributed by atoms with Crippen LogP contribution in [0.3, 0.4) is 0 Å². The van der Waals surface area contributed by atoms with Gasteiger partial charge in [-0.1, -0.05) is 6.07 Å². The third kappa shape index (κ3) is 3.21. The van der Waals surface area contributed by atoms with Crippen molar-refractivity contribution in [1.29, 1.82) is 0 Å². The summed E-state index contributed by atoms with van der Waals surface area (Å²) in [6, 6.07) is 4.97. The lowest BCUT2D eigenvalue weighted by molar-refractivity contribution is -0.139. The lowest BCUT2D eigenvalue weighted by atomic mass is 10.0. The molecule has 1 saturated heterocycles. The van der Waals surface area contributed by atoms with Crippen molar-refractivity contribution in [2.24, 2.45) is 0 Å². The smallest absolute Gasteiger partial charge is 0.272 e. The second-order valence-corrected chi connectivity index (χ2v) is 5.32. The summed E-state index contributed by atoms with van der Waals surface area (Å²) >= 11 is 0. The lowest BCUT2D eigenvalue weighted by Crippen LogP contribution is -2.55. The number of amides is 1. The first-order chi connectivity index (χ1) is 8.91. The van der Waals surface area contributed by atoms with Crippen molar-refractivity contribution in [2.45, 2.75) is 25.6 Å². The minimum Gasteiger partial charge on any atom is -0.394 e. The van der Waals surface area contributed by atoms with Crippen molar-refractivity contribution in [2.75, 3.05) is 25.4 Å². The maximum atomic E-state index is 12.4. The van der Waals surface area contributed by atoms with Crippen LogP contribution < -0.4 is 5.73 Å². The highest BCUT2D eigenvalue weighted by Crippen LogP contribution is 2.22. The number of carbonyl (C=O) groups excluding carboxylic acids is 1. The van der Waals surface area contributed by atoms with Gasteiger partial charge in [0, 0.05) is 13.1 Å². The van der Waals surface area contributed by atoms with Crippen LogP contribution in [0.25, 0.3) is 0 Å². The number of hydrogen-bond acceptors (Lipinski definition) is 5. The SMILES string of the molecule is CC1(C)CN(C(=O)c2cccc(N)n2)CC(CO)O1. The van der Waals surface area contributed by atoms with Crippen molar-refractivity contribution in [3.8, 4) is 0 Å². The Bertz CT molecular complexity index is 476. The van der Waals surface area contributed by atoms with E-state index in [0.717, 1.165) is 0 Å². The van der Waals surface area contributed by atoms with Crippen LogP contribution in [0.5, 0.6) is 0 Å². The normalized spacial score (nSPS) is 22.3. The summed E-state index contributed by atoms with van der Waals surface area (Å²) in [5.41, 5.74) is 5.42. The molecule has 0 aromatic carbocycles. The lowest BCUT2D eigenvalue weighted by Gasteiger charge is -2.42. The molecular formula is C13H19N3O3. The highest BCUT2D eigenvalue weighted by atomic mass is 16.5. The molecule has 1 aliphatic heterocycles. The zero-order chi connectivity index (χ0) is 14.0. The number of aliphatic hydroxyl groups excluding tert-OH is 1. The number of nitrogens with zero attached hydrogens (tertiary/aromatic N) is 2. The Morgan fingerprint density at radius 2 is 2.37 bits per heavy atom. The van der Waals surface area contributed by atoms with Gasteiger partial charge in [0.1, 0.15) is 11.5 Å². The summed E-state index contributed by atoms with van der Waals surface area (Å²) < 4.78 is 5.67. The van der Waals surface area contributed by atoms with Gasteiger partial charge in [-0.15, -0.1) is 0 Å². The maximum absolute atomic E-state index is 12.4. The number of aromatic nitrogens is 1. The predicted octanol–water partition coefficient (Wildman–Crippen LogP) is 0.276. The zero-order valence-corrected chi connectivity index (χ0v) is 11.2. The Balaban J connectivity index is 2.18. The average Bonchev–Trinajstić information content (AvgIpc) is 2.36. The molecule has 3 N–H and O–H groups in total. The standard InChI is InChI=1S/C13H19N3O3/c1-13(2)8-16(6-9(7-17)19-13)12(18)10-4-3-5-11(14)15-10/h3-5,9,17H,6-8H2,1-2H3,(H2,14,15). The number of morpholine rings is 1. The van der Waals surface area contributed by atoms with E-state index in [2.05, 4.69) is 4.98 Å². The summed E-state index contributed by atoms with van der Waals surface area (Å²) in [4.78, 5) is 18.0. The third-order valence-electron chi connectivity index (χ3n) is 2.96. The molecule has 2 heterocycles. The molecule has 2 rings (SSSR count). The van der Waals surface area contributed by atoms with E-state index in [1.807, 2.05) is 13.8 Å². The van der Waals surface area contributed by atoms with Crippen molar-refractivity contribution in [1.82, 2.24) is 9.88 Å². The van der Waals surface area contributed by atoms with Crippen LogP contribution >= 0.6 is 0 Å². The molecule has 0 saturated carbocycles. The summed E-state index contributed by atoms with van der Waals surface area (Å²) in [7, 11) is 0. The van der Waals surface area contributed by atoms with Gasteiger partial charge in [-0.05, 0) is 26.0 Å². The number of hydrogen-bond donors (Lipinski definition) is 2. The van der Waals surface area contributed by atoms with Crippen LogP contribution in [-0.2, 0) is 4.74 Å². The number of aliphatic hydroxyl groups is 1. The quantitative estimate of drug-likeness (QED) is 0.801. The molecule has 0 radical (unpaired) electrons. The third-order valence-corrected chi connectivity index (χ3v) is 2.96. The first-order valence-corrected chi connectivity index (χ1v) is 6.22. The van der Waals surface area contributed by atoms with E-state index in [1.54, 1.807) is 23.1 Å². The first kappa shape index (κ1) is 13.8. The van der Waals surface area contributed by atoms with E-state index < -0.39 is 5.60 Å². The van der Waals surface area contributed by atoms with E-state index >= 15 is 0 Å². The van der Waals surface area contributed by atoms with Crippen molar-refractivity contribution in [3.63, 3.8) is 0 Å². The Labute approximate surface area is 112 Å². The Morgan fingerprint density at radius 1 is 1.63 bits per heavy atom. The largest absolute Gasteiger partial charge is 0.394 e. The van der Waals surface area contributed by atoms with Crippen LogP contribution in [0.2, 0.25) is 0 Å². The summed E-state index contributed by atoms with van der Waals surface area (Å²) in [5.74, 6) is 0.124. The molecular weight excluding hydrogens is 246 g/mol. The van der Waals surface area contributed by atoms with Crippen molar-refractivity contribution < 1.29 is 14.6 Å². The topological polar surface area (TPSA) is 88.7 Å². The van der Waals surface area contributed by atoms with Gasteiger partial charge in [0.2, 0.25) is 0 Å². The molecule has 6 heteroatoms. The Kier molecular flexibility index (Phi) is 3.73. The van der Waals surface area contributed by atoms with Crippen molar-refractivity contribution in [3.05, 3.63) is 23.9 Å². The molecule has 19 heavy (non-hydrogen) atoms. The highest BCUT2D eigenvalue weighted by Gasteiger charge is 2.35. The summed E-state index contributed by atoms with van der Waals surface area (Å²) in [5, 5.41) is 9.24. The molecule has 0 bridgehead atoms. The van der Waals surface area contributed by atoms with E-state index in [1.165, 1.54) is 0 Å². The van der Waals surface area contributed by atoms with Crippen LogP contribution in [0.15, 0.2) is 18.2 Å². The summed E-state index contributed by atoms with van der Waals surface area (Å²) in [6.07, 6.45) is -0.367. The van der Waals surface area contributed by atoms with Gasteiger partial charge in [-0.3, -0.25) is 4.79 Å². The van der Waals surface area contributed by atoms with Gasteiger partial charge in [0.15, 0.2) is 0 Å². The molecule has 1 aliphatic rings. The molecule has 1 atom stereocenters. The Morgan fingerprint density at radius 3 is 3.00 bits per heavy atom. The minimum absolute atomic E-state index is 0.114. The number of pyridine rings is 1. The fourth-order valence-electron chi connectivity index (χ4n) is 2.28. The number of anilines is 1. The number of ether oxygens (including phenoxy) is 1. The van der Waals surface area contributed by atoms with E-state index in [0.29, 0.717) is 24.6 Å². The number of carbonyl (C=O) groups is 1. The van der Waals surface area contributed by atoms with Crippen LogP contribution in [-0.4, -0.2) is 52.3 Å². The number of nitrogens with two attached hydrogens (primary N) is 1. The second-order valence-electron chi connectivity index (χ2n) is 5.32. The predicted molar refractivity (Wildman–Crippen MR) is 70.6 cm³/mol. The first-order valence-electron chi connectivity index (χ1n) is 6.22. The molecule has 1 fully saturated rings. The minimum atomic E-state index is -0.484. The van der Waals surface area contributed by atoms with Gasteiger partial charge in [0.05, 0.1) is 18.3 Å². The summed E-state index contributed by atoms with van der Waals surface area (Å²) in [6.45, 7) is 4.48. The van der Waals surface area contributed by atoms with Crippen LogP contribution in [0.1, 0.15) is 24.3 Å². The maximum Gasteiger partial charge on any atom is 0.272 e. The molecule has 0 aliphatic carbocycles. The van der Waals surface area contributed by atoms with Gasteiger partial charge < -0.3 is 20.5 Å².